The molecule has 0 unspecified atom stereocenters. The Bertz CT molecular complexity index is 775. The van der Waals surface area contributed by atoms with Gasteiger partial charge in [0.2, 0.25) is 5.88 Å². The smallest absolute Gasteiger partial charge is 0.410 e. The van der Waals surface area contributed by atoms with Crippen molar-refractivity contribution in [3.05, 3.63) is 36.4 Å². The molecule has 3 rings (SSSR count). The van der Waals surface area contributed by atoms with Crippen LogP contribution in [0, 0.1) is 6.92 Å². The van der Waals surface area contributed by atoms with Gasteiger partial charge in [-0.05, 0) is 32.9 Å². The van der Waals surface area contributed by atoms with E-state index in [9.17, 15) is 4.79 Å². The van der Waals surface area contributed by atoms with Crippen LogP contribution in [0.25, 0.3) is 0 Å². The molecule has 0 bridgehead atoms. The molecule has 1 aliphatic rings. The molecule has 1 aliphatic heterocycles. The molecular formula is C19H25N5O3. The fourth-order valence-electron chi connectivity index (χ4n) is 2.83. The monoisotopic (exact) mass is 371 g/mol. The molecule has 2 aromatic heterocycles. The first kappa shape index (κ1) is 18.9. The molecule has 0 atom stereocenters. The Kier molecular flexibility index (Phi) is 6.05. The molecule has 144 valence electrons. The molecule has 1 fully saturated rings. The van der Waals surface area contributed by atoms with Gasteiger partial charge in [-0.15, -0.1) is 0 Å². The number of aromatic nitrogens is 3. The number of ether oxygens (including phenoxy) is 2. The van der Waals surface area contributed by atoms with Crippen LogP contribution in [0.1, 0.15) is 32.4 Å². The Labute approximate surface area is 158 Å². The second kappa shape index (κ2) is 8.66. The average molecular weight is 371 g/mol. The molecule has 1 amide bonds. The first-order valence-electron chi connectivity index (χ1n) is 9.14. The second-order valence-corrected chi connectivity index (χ2v) is 6.74. The topological polar surface area (TPSA) is 89.5 Å². The largest absolute Gasteiger partial charge is 0.474 e. The van der Waals surface area contributed by atoms with Gasteiger partial charge in [0.05, 0.1) is 17.5 Å². The minimum absolute atomic E-state index is 0.0102. The number of nitrogens with one attached hydrogen (secondary N) is 1. The van der Waals surface area contributed by atoms with Gasteiger partial charge < -0.3 is 19.7 Å². The lowest BCUT2D eigenvalue weighted by Crippen LogP contribution is -2.42. The van der Waals surface area contributed by atoms with Crippen molar-refractivity contribution in [2.24, 2.45) is 0 Å². The maximum absolute atomic E-state index is 11.9. The predicted molar refractivity (Wildman–Crippen MR) is 101 cm³/mol. The van der Waals surface area contributed by atoms with Crippen LogP contribution in [0.3, 0.4) is 0 Å². The summed E-state index contributed by atoms with van der Waals surface area (Å²) in [5.74, 6) is 1.16. The van der Waals surface area contributed by atoms with Crippen LogP contribution in [0.5, 0.6) is 5.88 Å². The van der Waals surface area contributed by atoms with Gasteiger partial charge in [0, 0.05) is 38.2 Å². The van der Waals surface area contributed by atoms with Gasteiger partial charge in [-0.1, -0.05) is 0 Å². The van der Waals surface area contributed by atoms with Gasteiger partial charge in [0.25, 0.3) is 0 Å². The van der Waals surface area contributed by atoms with Crippen molar-refractivity contribution < 1.29 is 14.3 Å². The van der Waals surface area contributed by atoms with Crippen LogP contribution < -0.4 is 10.1 Å². The molecule has 8 heteroatoms. The summed E-state index contributed by atoms with van der Waals surface area (Å²) < 4.78 is 11.2. The van der Waals surface area contributed by atoms with Crippen LogP contribution in [-0.4, -0.2) is 51.2 Å². The number of hydrogen-bond acceptors (Lipinski definition) is 7. The van der Waals surface area contributed by atoms with Crippen molar-refractivity contribution in [3.8, 4) is 5.88 Å². The Morgan fingerprint density at radius 2 is 2.04 bits per heavy atom. The summed E-state index contributed by atoms with van der Waals surface area (Å²) in [5, 5.41) is 3.23. The van der Waals surface area contributed by atoms with Gasteiger partial charge in [-0.2, -0.15) is 0 Å². The molecule has 1 N–H and O–H groups in total. The highest BCUT2D eigenvalue weighted by Crippen LogP contribution is 2.22. The van der Waals surface area contributed by atoms with Crippen LogP contribution in [0.4, 0.5) is 16.3 Å². The van der Waals surface area contributed by atoms with Crippen LogP contribution in [-0.2, 0) is 4.74 Å². The Balaban J connectivity index is 1.55. The van der Waals surface area contributed by atoms with Gasteiger partial charge in [-0.25, -0.2) is 14.8 Å². The number of carbonyl (C=O) groups is 1. The third-order valence-electron chi connectivity index (χ3n) is 4.24. The van der Waals surface area contributed by atoms with Gasteiger partial charge in [0.15, 0.2) is 0 Å². The summed E-state index contributed by atoms with van der Waals surface area (Å²) in [6.45, 7) is 6.85. The number of aryl methyl sites for hydroxylation is 1. The highest BCUT2D eigenvalue weighted by molar-refractivity contribution is 5.67. The molecule has 0 saturated carbocycles. The molecule has 0 aliphatic carbocycles. The summed E-state index contributed by atoms with van der Waals surface area (Å²) in [5.41, 5.74) is 1.78. The van der Waals surface area contributed by atoms with Crippen molar-refractivity contribution in [2.75, 3.05) is 18.4 Å². The van der Waals surface area contributed by atoms with E-state index in [4.69, 9.17) is 9.47 Å². The summed E-state index contributed by atoms with van der Waals surface area (Å²) in [6.07, 6.45) is 4.34. The van der Waals surface area contributed by atoms with E-state index in [2.05, 4.69) is 20.3 Å². The first-order valence-corrected chi connectivity index (χ1v) is 9.14. The predicted octanol–water partition coefficient (Wildman–Crippen LogP) is 3.31. The molecule has 3 heterocycles. The highest BCUT2D eigenvalue weighted by Gasteiger charge is 2.25. The van der Waals surface area contributed by atoms with E-state index in [0.29, 0.717) is 24.8 Å². The number of rotatable bonds is 5. The number of anilines is 2. The number of hydrogen-bond donors (Lipinski definition) is 1. The lowest BCUT2D eigenvalue weighted by atomic mass is 10.1. The van der Waals surface area contributed by atoms with Crippen molar-refractivity contribution in [2.45, 2.75) is 45.8 Å². The Morgan fingerprint density at radius 3 is 2.74 bits per heavy atom. The molecular weight excluding hydrogens is 346 g/mol. The minimum atomic E-state index is -0.260. The third-order valence-corrected chi connectivity index (χ3v) is 4.24. The molecule has 27 heavy (non-hydrogen) atoms. The number of amides is 1. The number of carbonyl (C=O) groups excluding carboxylic acids is 1. The van der Waals surface area contributed by atoms with E-state index in [1.807, 2.05) is 32.9 Å². The van der Waals surface area contributed by atoms with Gasteiger partial charge >= 0.3 is 6.09 Å². The van der Waals surface area contributed by atoms with Crippen molar-refractivity contribution >= 4 is 17.6 Å². The Morgan fingerprint density at radius 1 is 1.26 bits per heavy atom. The average Bonchev–Trinajstić information content (AvgIpc) is 2.64. The van der Waals surface area contributed by atoms with Crippen LogP contribution in [0.15, 0.2) is 30.7 Å². The number of piperidine rings is 1. The molecule has 0 radical (unpaired) electrons. The fourth-order valence-corrected chi connectivity index (χ4v) is 2.83. The summed E-state index contributed by atoms with van der Waals surface area (Å²) in [7, 11) is 0. The maximum atomic E-state index is 11.9. The SMILES string of the molecule is Cc1ncccc1Nc1cc(OC2CCN(C(=O)OC(C)C)CC2)ncn1. The zero-order valence-electron chi connectivity index (χ0n) is 15.9. The normalized spacial score (nSPS) is 14.9. The highest BCUT2D eigenvalue weighted by atomic mass is 16.6. The summed E-state index contributed by atoms with van der Waals surface area (Å²) >= 11 is 0. The van der Waals surface area contributed by atoms with Crippen LogP contribution in [0.2, 0.25) is 0 Å². The zero-order chi connectivity index (χ0) is 19.2. The van der Waals surface area contributed by atoms with Crippen molar-refractivity contribution in [1.29, 1.82) is 0 Å². The van der Waals surface area contributed by atoms with Gasteiger partial charge in [-0.3, -0.25) is 4.98 Å². The maximum Gasteiger partial charge on any atom is 0.410 e. The third kappa shape index (κ3) is 5.29. The lowest BCUT2D eigenvalue weighted by molar-refractivity contribution is 0.0507. The molecule has 2 aromatic rings. The molecule has 1 saturated heterocycles. The molecule has 0 spiro atoms. The van der Waals surface area contributed by atoms with E-state index in [-0.39, 0.29) is 18.3 Å². The zero-order valence-corrected chi connectivity index (χ0v) is 15.9. The molecule has 8 nitrogen and oxygen atoms in total. The van der Waals surface area contributed by atoms with E-state index in [1.54, 1.807) is 17.2 Å². The standard InChI is InChI=1S/C19H25N5O3/c1-13(2)26-19(25)24-9-6-15(7-10-24)27-18-11-17(21-12-22-18)23-16-5-4-8-20-14(16)3/h4-5,8,11-13,15H,6-7,9-10H2,1-3H3,(H,21,22,23). The van der Waals surface area contributed by atoms with Gasteiger partial charge in [0.1, 0.15) is 18.2 Å². The van der Waals surface area contributed by atoms with Crippen molar-refractivity contribution in [3.63, 3.8) is 0 Å². The van der Waals surface area contributed by atoms with Crippen molar-refractivity contribution in [1.82, 2.24) is 19.9 Å². The van der Waals surface area contributed by atoms with Crippen LogP contribution >= 0.6 is 0 Å². The van der Waals surface area contributed by atoms with E-state index in [1.165, 1.54) is 6.33 Å². The second-order valence-electron chi connectivity index (χ2n) is 6.74. The lowest BCUT2D eigenvalue weighted by Gasteiger charge is -2.31. The Hall–Kier alpha value is -2.90. The molecule has 0 aromatic carbocycles. The first-order chi connectivity index (χ1) is 13.0. The summed E-state index contributed by atoms with van der Waals surface area (Å²) in [6, 6.07) is 5.58. The van der Waals surface area contributed by atoms with E-state index in [0.717, 1.165) is 24.2 Å². The quantitative estimate of drug-likeness (QED) is 0.862. The summed E-state index contributed by atoms with van der Waals surface area (Å²) in [4.78, 5) is 26.3. The van der Waals surface area contributed by atoms with E-state index < -0.39 is 0 Å². The number of likely N-dealkylation sites (tertiary alicyclic amines) is 1. The van der Waals surface area contributed by atoms with E-state index >= 15 is 0 Å². The number of nitrogens with zero attached hydrogens (tertiary/aromatic N) is 4. The number of pyridine rings is 1. The minimum Gasteiger partial charge on any atom is -0.474 e. The fraction of sp³-hybridized carbons (Fsp3) is 0.474.